The minimum Gasteiger partial charge on any atom is -0.337 e. The highest BCUT2D eigenvalue weighted by atomic mass is 35.5. The molecule has 1 aliphatic rings. The molecule has 1 rings (SSSR count). The number of hydrogen-bond donors (Lipinski definition) is 3. The van der Waals surface area contributed by atoms with Crippen LogP contribution in [0.3, 0.4) is 0 Å². The van der Waals surface area contributed by atoms with Gasteiger partial charge >= 0.3 is 6.03 Å². The lowest BCUT2D eigenvalue weighted by Gasteiger charge is -2.13. The van der Waals surface area contributed by atoms with Gasteiger partial charge in [0.2, 0.25) is 5.91 Å². The number of alkyl halides is 2. The molecule has 1 saturated carbocycles. The number of carbonyl (C=O) groups excluding carboxylic acids is 2. The number of urea groups is 1. The van der Waals surface area contributed by atoms with Gasteiger partial charge in [0.1, 0.15) is 4.33 Å². The van der Waals surface area contributed by atoms with E-state index in [1.807, 2.05) is 6.92 Å². The Bertz CT molecular complexity index is 323. The molecular weight excluding hydrogens is 265 g/mol. The van der Waals surface area contributed by atoms with Gasteiger partial charge in [-0.1, -0.05) is 13.3 Å². The van der Waals surface area contributed by atoms with Gasteiger partial charge in [0, 0.05) is 6.54 Å². The molecule has 3 amide bonds. The number of rotatable bonds is 4. The molecule has 0 heterocycles. The van der Waals surface area contributed by atoms with E-state index in [2.05, 4.69) is 16.2 Å². The lowest BCUT2D eigenvalue weighted by molar-refractivity contribution is -0.126. The van der Waals surface area contributed by atoms with Gasteiger partial charge in [-0.25, -0.2) is 10.2 Å². The normalized spacial score (nSPS) is 24.9. The molecule has 0 aromatic carbocycles. The second kappa shape index (κ2) is 5.31. The van der Waals surface area contributed by atoms with Gasteiger partial charge in [0.15, 0.2) is 0 Å². The molecule has 1 fully saturated rings. The first-order chi connectivity index (χ1) is 7.83. The summed E-state index contributed by atoms with van der Waals surface area (Å²) in [6, 6.07) is -0.439. The number of hydrogen-bond acceptors (Lipinski definition) is 2. The fourth-order valence-electron chi connectivity index (χ4n) is 1.32. The van der Waals surface area contributed by atoms with Crippen LogP contribution in [0.4, 0.5) is 4.79 Å². The molecule has 0 aromatic rings. The number of hydrazine groups is 1. The Labute approximate surface area is 111 Å². The van der Waals surface area contributed by atoms with Crippen molar-refractivity contribution in [2.75, 3.05) is 6.54 Å². The van der Waals surface area contributed by atoms with Crippen LogP contribution in [0.15, 0.2) is 0 Å². The summed E-state index contributed by atoms with van der Waals surface area (Å²) in [5.74, 6) is -0.381. The largest absolute Gasteiger partial charge is 0.337 e. The summed E-state index contributed by atoms with van der Waals surface area (Å²) in [4.78, 5) is 22.9. The predicted octanol–water partition coefficient (Wildman–Crippen LogP) is 1.70. The molecule has 0 saturated heterocycles. The van der Waals surface area contributed by atoms with Gasteiger partial charge < -0.3 is 5.32 Å². The van der Waals surface area contributed by atoms with Crippen LogP contribution in [0.5, 0.6) is 0 Å². The van der Waals surface area contributed by atoms with E-state index < -0.39 is 15.8 Å². The van der Waals surface area contributed by atoms with Gasteiger partial charge in [0.25, 0.3) is 0 Å². The molecule has 3 N–H and O–H groups in total. The minimum atomic E-state index is -1.03. The van der Waals surface area contributed by atoms with Crippen LogP contribution >= 0.6 is 23.2 Å². The maximum Gasteiger partial charge on any atom is 0.333 e. The number of carbonyl (C=O) groups is 2. The maximum atomic E-state index is 11.7. The number of unbranched alkanes of at least 4 members (excludes halogenated alkanes) is 1. The molecule has 5 nitrogen and oxygen atoms in total. The molecule has 0 unspecified atom stereocenters. The highest BCUT2D eigenvalue weighted by Crippen LogP contribution is 2.63. The minimum absolute atomic E-state index is 0.381. The van der Waals surface area contributed by atoms with Crippen LogP contribution in [0.2, 0.25) is 0 Å². The Morgan fingerprint density at radius 3 is 2.35 bits per heavy atom. The van der Waals surface area contributed by atoms with E-state index in [9.17, 15) is 9.59 Å². The Morgan fingerprint density at radius 1 is 1.29 bits per heavy atom. The highest BCUT2D eigenvalue weighted by Gasteiger charge is 2.68. The van der Waals surface area contributed by atoms with Gasteiger partial charge in [-0.15, -0.1) is 23.2 Å². The molecule has 17 heavy (non-hydrogen) atoms. The van der Waals surface area contributed by atoms with E-state index in [-0.39, 0.29) is 5.91 Å². The van der Waals surface area contributed by atoms with Crippen molar-refractivity contribution in [3.05, 3.63) is 0 Å². The van der Waals surface area contributed by atoms with Gasteiger partial charge in [-0.3, -0.25) is 10.2 Å². The second-order valence-electron chi connectivity index (χ2n) is 4.40. The van der Waals surface area contributed by atoms with E-state index in [0.717, 1.165) is 12.8 Å². The van der Waals surface area contributed by atoms with Crippen LogP contribution in [0.1, 0.15) is 33.1 Å². The molecule has 1 atom stereocenters. The summed E-state index contributed by atoms with van der Waals surface area (Å²) in [5, 5.41) is 2.60. The van der Waals surface area contributed by atoms with Crippen molar-refractivity contribution in [2.24, 2.45) is 5.41 Å². The van der Waals surface area contributed by atoms with Crippen LogP contribution in [0.25, 0.3) is 0 Å². The maximum absolute atomic E-state index is 11.7. The molecule has 0 aliphatic heterocycles. The zero-order valence-electron chi connectivity index (χ0n) is 9.90. The van der Waals surface area contributed by atoms with E-state index in [0.29, 0.717) is 13.0 Å². The third kappa shape index (κ3) is 3.39. The van der Waals surface area contributed by atoms with E-state index in [4.69, 9.17) is 23.2 Å². The van der Waals surface area contributed by atoms with E-state index >= 15 is 0 Å². The summed E-state index contributed by atoms with van der Waals surface area (Å²) in [6.07, 6.45) is 2.27. The van der Waals surface area contributed by atoms with Gasteiger partial charge in [-0.2, -0.15) is 0 Å². The fraction of sp³-hybridized carbons (Fsp3) is 0.800. The first kappa shape index (κ1) is 14.4. The Hall–Kier alpha value is -0.680. The van der Waals surface area contributed by atoms with Gasteiger partial charge in [-0.05, 0) is 19.8 Å². The Kier molecular flexibility index (Phi) is 4.49. The molecule has 0 aromatic heterocycles. The first-order valence-electron chi connectivity index (χ1n) is 5.55. The number of nitrogens with one attached hydrogen (secondary N) is 3. The first-order valence-corrected chi connectivity index (χ1v) is 6.31. The van der Waals surface area contributed by atoms with Crippen molar-refractivity contribution < 1.29 is 9.59 Å². The van der Waals surface area contributed by atoms with Crippen LogP contribution < -0.4 is 16.2 Å². The summed E-state index contributed by atoms with van der Waals surface area (Å²) in [6.45, 7) is 4.25. The number of amides is 3. The van der Waals surface area contributed by atoms with Crippen molar-refractivity contribution in [2.45, 2.75) is 37.4 Å². The molecule has 98 valence electrons. The van der Waals surface area contributed by atoms with Crippen molar-refractivity contribution in [3.63, 3.8) is 0 Å². The fourth-order valence-corrected chi connectivity index (χ4v) is 2.03. The molecular formula is C10H17Cl2N3O2. The third-order valence-corrected chi connectivity index (χ3v) is 3.97. The monoisotopic (exact) mass is 281 g/mol. The zero-order valence-corrected chi connectivity index (χ0v) is 11.4. The smallest absolute Gasteiger partial charge is 0.333 e. The summed E-state index contributed by atoms with van der Waals surface area (Å²) >= 11 is 11.7. The average molecular weight is 282 g/mol. The average Bonchev–Trinajstić information content (AvgIpc) is 2.76. The molecule has 7 heteroatoms. The van der Waals surface area contributed by atoms with E-state index in [1.165, 1.54) is 0 Å². The standard InChI is InChI=1S/C10H17Cl2N3O2/c1-3-4-5-13-8(17)15-14-7(16)9(2)6-10(9,11)12/h3-6H2,1-2H3,(H,14,16)(H2,13,15,17)/t9-/m0/s1. The summed E-state index contributed by atoms with van der Waals surface area (Å²) in [5.41, 5.74) is 3.73. The molecule has 0 bridgehead atoms. The molecule has 1 aliphatic carbocycles. The lowest BCUT2D eigenvalue weighted by Crippen LogP contribution is -2.49. The molecule has 0 spiro atoms. The quantitative estimate of drug-likeness (QED) is 0.417. The summed E-state index contributed by atoms with van der Waals surface area (Å²) in [7, 11) is 0. The van der Waals surface area contributed by atoms with Crippen molar-refractivity contribution in [3.8, 4) is 0 Å². The van der Waals surface area contributed by atoms with Crippen LogP contribution in [-0.2, 0) is 4.79 Å². The van der Waals surface area contributed by atoms with Crippen molar-refractivity contribution in [1.29, 1.82) is 0 Å². The summed E-state index contributed by atoms with van der Waals surface area (Å²) < 4.78 is -1.03. The number of halogens is 2. The second-order valence-corrected chi connectivity index (χ2v) is 5.89. The zero-order chi connectivity index (χ0) is 13.1. The third-order valence-electron chi connectivity index (χ3n) is 2.86. The van der Waals surface area contributed by atoms with Gasteiger partial charge in [0.05, 0.1) is 5.41 Å². The topological polar surface area (TPSA) is 70.2 Å². The lowest BCUT2D eigenvalue weighted by atomic mass is 10.1. The Balaban J connectivity index is 2.23. The predicted molar refractivity (Wildman–Crippen MR) is 66.7 cm³/mol. The van der Waals surface area contributed by atoms with Crippen molar-refractivity contribution in [1.82, 2.24) is 16.2 Å². The molecule has 0 radical (unpaired) electrons. The van der Waals surface area contributed by atoms with Crippen molar-refractivity contribution >= 4 is 35.1 Å². The highest BCUT2D eigenvalue weighted by molar-refractivity contribution is 6.53. The van der Waals surface area contributed by atoms with E-state index in [1.54, 1.807) is 6.92 Å². The SMILES string of the molecule is CCCCNC(=O)NNC(=O)[C@]1(C)CC1(Cl)Cl. The van der Waals surface area contributed by atoms with Crippen LogP contribution in [-0.4, -0.2) is 22.8 Å². The van der Waals surface area contributed by atoms with Crippen LogP contribution in [0, 0.1) is 5.41 Å². The Morgan fingerprint density at radius 2 is 1.88 bits per heavy atom.